The second-order valence-electron chi connectivity index (χ2n) is 5.08. The minimum atomic E-state index is -0.0789. The Morgan fingerprint density at radius 1 is 1.50 bits per heavy atom. The van der Waals surface area contributed by atoms with Gasteiger partial charge in [-0.2, -0.15) is 5.26 Å². The highest BCUT2D eigenvalue weighted by atomic mass is 16.2. The van der Waals surface area contributed by atoms with Crippen LogP contribution in [-0.4, -0.2) is 30.4 Å². The Bertz CT molecular complexity index is 505. The van der Waals surface area contributed by atoms with Crippen molar-refractivity contribution in [3.05, 3.63) is 29.3 Å². The van der Waals surface area contributed by atoms with Gasteiger partial charge in [0.05, 0.1) is 12.5 Å². The van der Waals surface area contributed by atoms with E-state index in [4.69, 9.17) is 5.26 Å². The molecule has 20 heavy (non-hydrogen) atoms. The lowest BCUT2D eigenvalue weighted by Gasteiger charge is -2.24. The number of hydrogen-bond donors (Lipinski definition) is 1. The van der Waals surface area contributed by atoms with E-state index in [2.05, 4.69) is 18.3 Å². The summed E-state index contributed by atoms with van der Waals surface area (Å²) in [4.78, 5) is 14.0. The normalized spacial score (nSPS) is 11.6. The Kier molecular flexibility index (Phi) is 6.05. The van der Waals surface area contributed by atoms with Gasteiger partial charge in [0.1, 0.15) is 0 Å². The average molecular weight is 273 g/mol. The van der Waals surface area contributed by atoms with Crippen molar-refractivity contribution >= 4 is 11.6 Å². The molecule has 0 aromatic heterocycles. The minimum Gasteiger partial charge on any atom is -0.385 e. The van der Waals surface area contributed by atoms with Crippen LogP contribution in [0.5, 0.6) is 0 Å². The number of nitrogens with zero attached hydrogens (tertiary/aromatic N) is 2. The van der Waals surface area contributed by atoms with E-state index in [1.54, 1.807) is 11.9 Å². The molecule has 0 aliphatic heterocycles. The number of rotatable bonds is 6. The van der Waals surface area contributed by atoms with E-state index in [9.17, 15) is 4.79 Å². The Balaban J connectivity index is 2.86. The van der Waals surface area contributed by atoms with Crippen molar-refractivity contribution in [1.82, 2.24) is 4.90 Å². The Hall–Kier alpha value is -2.02. The maximum Gasteiger partial charge on any atom is 0.254 e. The number of amides is 1. The van der Waals surface area contributed by atoms with E-state index >= 15 is 0 Å². The average Bonchev–Trinajstić information content (AvgIpc) is 2.44. The smallest absolute Gasteiger partial charge is 0.254 e. The predicted octanol–water partition coefficient (Wildman–Crippen LogP) is 3.19. The van der Waals surface area contributed by atoms with E-state index < -0.39 is 0 Å². The highest BCUT2D eigenvalue weighted by Gasteiger charge is 2.18. The molecule has 1 amide bonds. The van der Waals surface area contributed by atoms with Crippen LogP contribution in [0.25, 0.3) is 0 Å². The second-order valence-corrected chi connectivity index (χ2v) is 5.08. The third kappa shape index (κ3) is 3.99. The fourth-order valence-corrected chi connectivity index (χ4v) is 1.94. The highest BCUT2D eigenvalue weighted by Crippen LogP contribution is 2.18. The molecule has 0 spiro atoms. The van der Waals surface area contributed by atoms with Gasteiger partial charge in [-0.1, -0.05) is 6.92 Å². The number of nitrogens with one attached hydrogen (secondary N) is 1. The summed E-state index contributed by atoms with van der Waals surface area (Å²) in [7, 11) is 1.74. The summed E-state index contributed by atoms with van der Waals surface area (Å²) in [6.07, 6.45) is 1.41. The summed E-state index contributed by atoms with van der Waals surface area (Å²) in [5.41, 5.74) is 2.68. The highest BCUT2D eigenvalue weighted by molar-refractivity contribution is 5.96. The molecule has 0 heterocycles. The molecule has 0 aliphatic carbocycles. The van der Waals surface area contributed by atoms with Crippen molar-refractivity contribution in [2.45, 2.75) is 39.7 Å². The van der Waals surface area contributed by atoms with Crippen LogP contribution in [0.3, 0.4) is 0 Å². The minimum absolute atomic E-state index is 0.0349. The topological polar surface area (TPSA) is 56.1 Å². The zero-order chi connectivity index (χ0) is 15.1. The molecule has 1 aromatic carbocycles. The van der Waals surface area contributed by atoms with Gasteiger partial charge in [0, 0.05) is 30.9 Å². The predicted molar refractivity (Wildman–Crippen MR) is 81.7 cm³/mol. The molecule has 0 saturated carbocycles. The number of anilines is 1. The van der Waals surface area contributed by atoms with Gasteiger partial charge < -0.3 is 10.2 Å². The largest absolute Gasteiger partial charge is 0.385 e. The zero-order valence-corrected chi connectivity index (χ0v) is 12.7. The lowest BCUT2D eigenvalue weighted by atomic mass is 10.1. The first kappa shape index (κ1) is 16.0. The van der Waals surface area contributed by atoms with Gasteiger partial charge in [0.25, 0.3) is 5.91 Å². The Labute approximate surface area is 121 Å². The molecule has 1 rings (SSSR count). The van der Waals surface area contributed by atoms with Gasteiger partial charge >= 0.3 is 0 Å². The van der Waals surface area contributed by atoms with Crippen LogP contribution in [0, 0.1) is 18.3 Å². The van der Waals surface area contributed by atoms with Gasteiger partial charge in [-0.05, 0) is 44.0 Å². The molecule has 0 aliphatic rings. The van der Waals surface area contributed by atoms with E-state index in [1.807, 2.05) is 32.0 Å². The van der Waals surface area contributed by atoms with E-state index in [0.29, 0.717) is 12.0 Å². The summed E-state index contributed by atoms with van der Waals surface area (Å²) in [6.45, 7) is 6.86. The van der Waals surface area contributed by atoms with Gasteiger partial charge in [-0.15, -0.1) is 0 Å². The van der Waals surface area contributed by atoms with E-state index in [1.165, 1.54) is 0 Å². The lowest BCUT2D eigenvalue weighted by Crippen LogP contribution is -2.35. The van der Waals surface area contributed by atoms with Crippen LogP contribution in [0.2, 0.25) is 0 Å². The van der Waals surface area contributed by atoms with Crippen molar-refractivity contribution < 1.29 is 4.79 Å². The molecule has 1 N–H and O–H groups in total. The second kappa shape index (κ2) is 7.54. The molecular formula is C16H23N3O. The maximum atomic E-state index is 12.4. The number of benzene rings is 1. The van der Waals surface area contributed by atoms with Gasteiger partial charge in [0.2, 0.25) is 0 Å². The number of nitriles is 1. The van der Waals surface area contributed by atoms with Gasteiger partial charge in [-0.25, -0.2) is 0 Å². The van der Waals surface area contributed by atoms with Gasteiger partial charge in [0.15, 0.2) is 0 Å². The molecule has 0 radical (unpaired) electrons. The van der Waals surface area contributed by atoms with Crippen molar-refractivity contribution in [3.8, 4) is 6.07 Å². The van der Waals surface area contributed by atoms with Gasteiger partial charge in [-0.3, -0.25) is 4.79 Å². The molecule has 4 heteroatoms. The summed E-state index contributed by atoms with van der Waals surface area (Å²) in [6, 6.07) is 7.79. The first-order chi connectivity index (χ1) is 9.51. The van der Waals surface area contributed by atoms with Crippen LogP contribution in [0.4, 0.5) is 5.69 Å². The third-order valence-electron chi connectivity index (χ3n) is 3.40. The van der Waals surface area contributed by atoms with Crippen molar-refractivity contribution in [3.63, 3.8) is 0 Å². The van der Waals surface area contributed by atoms with Crippen molar-refractivity contribution in [2.75, 3.05) is 18.9 Å². The molecule has 4 nitrogen and oxygen atoms in total. The van der Waals surface area contributed by atoms with Crippen LogP contribution >= 0.6 is 0 Å². The summed E-state index contributed by atoms with van der Waals surface area (Å²) in [5.74, 6) is -0.0349. The van der Waals surface area contributed by atoms with Crippen molar-refractivity contribution in [2.24, 2.45) is 0 Å². The molecule has 0 fully saturated rings. The van der Waals surface area contributed by atoms with Crippen molar-refractivity contribution in [1.29, 1.82) is 5.26 Å². The number of aryl methyl sites for hydroxylation is 1. The molecule has 1 atom stereocenters. The molecule has 108 valence electrons. The van der Waals surface area contributed by atoms with Crippen LogP contribution < -0.4 is 5.32 Å². The molecule has 1 unspecified atom stereocenters. The zero-order valence-electron chi connectivity index (χ0n) is 12.7. The van der Waals surface area contributed by atoms with E-state index in [-0.39, 0.29) is 11.9 Å². The molecule has 1 aromatic rings. The number of carbonyl (C=O) groups is 1. The monoisotopic (exact) mass is 273 g/mol. The first-order valence-corrected chi connectivity index (χ1v) is 6.99. The number of carbonyl (C=O) groups excluding carboxylic acids is 1. The fourth-order valence-electron chi connectivity index (χ4n) is 1.94. The summed E-state index contributed by atoms with van der Waals surface area (Å²) < 4.78 is 0. The quantitative estimate of drug-likeness (QED) is 0.866. The standard InChI is InChI=1S/C16H23N3O/c1-5-10-18-14-6-7-15(12(2)11-14)16(20)19(4)13(3)8-9-17/h6-7,11,13,18H,5,8,10H2,1-4H3. The third-order valence-corrected chi connectivity index (χ3v) is 3.40. The summed E-state index contributed by atoms with van der Waals surface area (Å²) in [5, 5.41) is 12.0. The first-order valence-electron chi connectivity index (χ1n) is 6.99. The lowest BCUT2D eigenvalue weighted by molar-refractivity contribution is 0.0745. The Morgan fingerprint density at radius 3 is 2.75 bits per heavy atom. The van der Waals surface area contributed by atoms with Crippen LogP contribution in [-0.2, 0) is 0 Å². The summed E-state index contributed by atoms with van der Waals surface area (Å²) >= 11 is 0. The molecular weight excluding hydrogens is 250 g/mol. The molecule has 0 saturated heterocycles. The van der Waals surface area contributed by atoms with E-state index in [0.717, 1.165) is 24.2 Å². The van der Waals surface area contributed by atoms with Crippen LogP contribution in [0.15, 0.2) is 18.2 Å². The maximum absolute atomic E-state index is 12.4. The fraction of sp³-hybridized carbons (Fsp3) is 0.500. The van der Waals surface area contributed by atoms with Crippen LogP contribution in [0.1, 0.15) is 42.6 Å². The Morgan fingerprint density at radius 2 is 2.20 bits per heavy atom. The number of hydrogen-bond acceptors (Lipinski definition) is 3. The SMILES string of the molecule is CCCNc1ccc(C(=O)N(C)C(C)CC#N)c(C)c1. The molecule has 0 bridgehead atoms.